The van der Waals surface area contributed by atoms with Gasteiger partial charge in [-0.1, -0.05) is 61.7 Å². The van der Waals surface area contributed by atoms with Crippen molar-refractivity contribution in [1.82, 2.24) is 14.4 Å². The molecule has 1 aliphatic carbocycles. The molecule has 1 heterocycles. The van der Waals surface area contributed by atoms with Crippen molar-refractivity contribution in [1.29, 1.82) is 0 Å². The average Bonchev–Trinajstić information content (AvgIpc) is 3.44. The first kappa shape index (κ1) is 30.3. The van der Waals surface area contributed by atoms with E-state index < -0.39 is 0 Å². The van der Waals surface area contributed by atoms with Crippen LogP contribution in [0.5, 0.6) is 0 Å². The Balaban J connectivity index is 1.50. The summed E-state index contributed by atoms with van der Waals surface area (Å²) in [7, 11) is 0. The van der Waals surface area contributed by atoms with Crippen molar-refractivity contribution in [3.63, 3.8) is 0 Å². The normalized spacial score (nSPS) is 13.9. The quantitative estimate of drug-likeness (QED) is 0.172. The van der Waals surface area contributed by atoms with Crippen LogP contribution in [0.1, 0.15) is 62.3 Å². The molecule has 0 atom stereocenters. The molecule has 0 spiro atoms. The maximum Gasteiger partial charge on any atom is 0.247 e. The van der Waals surface area contributed by atoms with Crippen molar-refractivity contribution < 1.29 is 18.7 Å². The zero-order valence-electron chi connectivity index (χ0n) is 24.1. The van der Waals surface area contributed by atoms with Gasteiger partial charge in [-0.3, -0.25) is 9.59 Å². The van der Waals surface area contributed by atoms with Crippen LogP contribution in [-0.4, -0.2) is 58.5 Å². The Hall–Kier alpha value is -3.71. The van der Waals surface area contributed by atoms with Gasteiger partial charge in [0.25, 0.3) is 0 Å². The van der Waals surface area contributed by atoms with Gasteiger partial charge in [-0.15, -0.1) is 0 Å². The predicted molar refractivity (Wildman–Crippen MR) is 161 cm³/mol. The molecule has 1 saturated carbocycles. The summed E-state index contributed by atoms with van der Waals surface area (Å²) >= 11 is 0. The third-order valence-electron chi connectivity index (χ3n) is 7.63. The van der Waals surface area contributed by atoms with Crippen molar-refractivity contribution in [2.75, 3.05) is 26.3 Å². The summed E-state index contributed by atoms with van der Waals surface area (Å²) in [6.07, 6.45) is 11.3. The second-order valence-electron chi connectivity index (χ2n) is 10.6. The molecular formula is C34H42FN3O3. The molecule has 0 saturated heterocycles. The lowest BCUT2D eigenvalue weighted by Gasteiger charge is -2.36. The number of carbonyl (C=O) groups excluding carboxylic acids is 2. The van der Waals surface area contributed by atoms with Crippen LogP contribution >= 0.6 is 0 Å². The maximum absolute atomic E-state index is 14.0. The number of hydrogen-bond acceptors (Lipinski definition) is 3. The number of aromatic nitrogens is 1. The van der Waals surface area contributed by atoms with Gasteiger partial charge in [0.05, 0.1) is 6.54 Å². The molecule has 3 aromatic rings. The Bertz CT molecular complexity index is 1250. The van der Waals surface area contributed by atoms with E-state index in [2.05, 4.69) is 4.57 Å². The molecule has 2 aromatic carbocycles. The molecule has 4 rings (SSSR count). The number of halogens is 1. The molecule has 1 aliphatic rings. The second-order valence-corrected chi connectivity index (χ2v) is 10.6. The van der Waals surface area contributed by atoms with Crippen LogP contribution < -0.4 is 0 Å². The fraction of sp³-hybridized carbons (Fsp3) is 0.412. The Morgan fingerprint density at radius 2 is 1.76 bits per heavy atom. The van der Waals surface area contributed by atoms with E-state index in [-0.39, 0.29) is 30.2 Å². The minimum atomic E-state index is -0.255. The molecule has 0 unspecified atom stereocenters. The van der Waals surface area contributed by atoms with E-state index in [1.54, 1.807) is 29.2 Å². The highest BCUT2D eigenvalue weighted by atomic mass is 19.1. The molecule has 1 fully saturated rings. The van der Waals surface area contributed by atoms with Crippen molar-refractivity contribution in [2.24, 2.45) is 0 Å². The van der Waals surface area contributed by atoms with Gasteiger partial charge in [0, 0.05) is 50.3 Å². The van der Waals surface area contributed by atoms with Gasteiger partial charge in [-0.25, -0.2) is 4.39 Å². The summed E-state index contributed by atoms with van der Waals surface area (Å²) in [5.41, 5.74) is 2.95. The van der Waals surface area contributed by atoms with Crippen molar-refractivity contribution in [3.05, 3.63) is 102 Å². The molecular weight excluding hydrogens is 517 g/mol. The molecule has 2 amide bonds. The van der Waals surface area contributed by atoms with Gasteiger partial charge in [-0.2, -0.15) is 0 Å². The minimum Gasteiger partial charge on any atom is -0.382 e. The topological polar surface area (TPSA) is 54.8 Å². The summed E-state index contributed by atoms with van der Waals surface area (Å²) in [6, 6.07) is 20.4. The smallest absolute Gasteiger partial charge is 0.247 e. The average molecular weight is 560 g/mol. The number of carbonyl (C=O) groups is 2. The molecule has 0 bridgehead atoms. The minimum absolute atomic E-state index is 0.0270. The number of benzene rings is 2. The molecule has 0 radical (unpaired) electrons. The molecule has 1 aromatic heterocycles. The third kappa shape index (κ3) is 9.42. The van der Waals surface area contributed by atoms with E-state index in [4.69, 9.17) is 4.74 Å². The van der Waals surface area contributed by atoms with E-state index in [1.165, 1.54) is 18.6 Å². The van der Waals surface area contributed by atoms with Crippen LogP contribution in [0.3, 0.4) is 0 Å². The Kier molecular flexibility index (Phi) is 11.7. The number of ether oxygens (including phenoxy) is 1. The van der Waals surface area contributed by atoms with Gasteiger partial charge >= 0.3 is 0 Å². The van der Waals surface area contributed by atoms with E-state index in [0.717, 1.165) is 42.5 Å². The fourth-order valence-corrected chi connectivity index (χ4v) is 5.38. The number of rotatable bonds is 14. The van der Waals surface area contributed by atoms with Crippen LogP contribution in [0.15, 0.2) is 79.0 Å². The van der Waals surface area contributed by atoms with Gasteiger partial charge in [0.2, 0.25) is 11.8 Å². The molecule has 7 heteroatoms. The first-order chi connectivity index (χ1) is 20.0. The zero-order chi connectivity index (χ0) is 28.9. The first-order valence-corrected chi connectivity index (χ1v) is 14.8. The van der Waals surface area contributed by atoms with E-state index in [9.17, 15) is 14.0 Å². The zero-order valence-corrected chi connectivity index (χ0v) is 24.1. The summed E-state index contributed by atoms with van der Waals surface area (Å²) in [4.78, 5) is 30.9. The maximum atomic E-state index is 14.0. The van der Waals surface area contributed by atoms with Gasteiger partial charge < -0.3 is 19.1 Å². The third-order valence-corrected chi connectivity index (χ3v) is 7.63. The molecule has 6 nitrogen and oxygen atoms in total. The highest BCUT2D eigenvalue weighted by Crippen LogP contribution is 2.25. The van der Waals surface area contributed by atoms with E-state index in [1.807, 2.05) is 60.5 Å². The SMILES string of the molecule is CCOCCCN(CC(=O)N(Cc1cccn1Cc1ccc(F)cc1)C1CCCCC1)C(=O)/C=C/c1ccccc1. The standard InChI is InChI=1S/C34H42FN3O3/c1-2-41-24-10-23-37(33(39)21-18-28-11-5-3-6-12-28)27-34(40)38(31-13-7-4-8-14-31)26-32-15-9-22-36(32)25-29-16-19-30(35)20-17-29/h3,5-6,9,11-12,15-22,31H,2,4,7-8,10,13-14,23-27H2,1H3/b21-18+. The van der Waals surface area contributed by atoms with Crippen LogP contribution in [0.4, 0.5) is 4.39 Å². The number of hydrogen-bond donors (Lipinski definition) is 0. The van der Waals surface area contributed by atoms with Crippen molar-refractivity contribution in [3.8, 4) is 0 Å². The Morgan fingerprint density at radius 3 is 2.49 bits per heavy atom. The van der Waals surface area contributed by atoms with Crippen molar-refractivity contribution in [2.45, 2.75) is 64.6 Å². The van der Waals surface area contributed by atoms with Crippen LogP contribution in [0.2, 0.25) is 0 Å². The lowest BCUT2D eigenvalue weighted by molar-refractivity contribution is -0.141. The lowest BCUT2D eigenvalue weighted by Crippen LogP contribution is -2.47. The summed E-state index contributed by atoms with van der Waals surface area (Å²) in [5, 5.41) is 0. The largest absolute Gasteiger partial charge is 0.382 e. The lowest BCUT2D eigenvalue weighted by atomic mass is 9.94. The molecule has 0 N–H and O–H groups in total. The number of amides is 2. The highest BCUT2D eigenvalue weighted by molar-refractivity contribution is 5.94. The highest BCUT2D eigenvalue weighted by Gasteiger charge is 2.28. The van der Waals surface area contributed by atoms with Crippen LogP contribution in [-0.2, 0) is 27.4 Å². The Labute approximate surface area is 243 Å². The van der Waals surface area contributed by atoms with E-state index >= 15 is 0 Å². The Morgan fingerprint density at radius 1 is 1.00 bits per heavy atom. The van der Waals surface area contributed by atoms with Crippen LogP contribution in [0.25, 0.3) is 6.08 Å². The van der Waals surface area contributed by atoms with Gasteiger partial charge in [-0.05, 0) is 67.7 Å². The fourth-order valence-electron chi connectivity index (χ4n) is 5.38. The van der Waals surface area contributed by atoms with Gasteiger partial charge in [0.1, 0.15) is 12.4 Å². The summed E-state index contributed by atoms with van der Waals surface area (Å²) in [5.74, 6) is -0.471. The predicted octanol–water partition coefficient (Wildman–Crippen LogP) is 6.31. The second kappa shape index (κ2) is 15.9. The van der Waals surface area contributed by atoms with E-state index in [0.29, 0.717) is 39.3 Å². The molecule has 41 heavy (non-hydrogen) atoms. The van der Waals surface area contributed by atoms with Crippen LogP contribution in [0, 0.1) is 5.82 Å². The summed E-state index contributed by atoms with van der Waals surface area (Å²) in [6.45, 7) is 4.65. The van der Waals surface area contributed by atoms with Gasteiger partial charge in [0.15, 0.2) is 0 Å². The van der Waals surface area contributed by atoms with Crippen molar-refractivity contribution >= 4 is 17.9 Å². The number of nitrogens with zero attached hydrogens (tertiary/aromatic N) is 3. The molecule has 0 aliphatic heterocycles. The molecule has 218 valence electrons. The monoisotopic (exact) mass is 559 g/mol. The summed E-state index contributed by atoms with van der Waals surface area (Å²) < 4.78 is 21.1. The first-order valence-electron chi connectivity index (χ1n) is 14.8.